The van der Waals surface area contributed by atoms with Crippen LogP contribution in [0.1, 0.15) is 48.1 Å². The molecule has 0 radical (unpaired) electrons. The van der Waals surface area contributed by atoms with Crippen LogP contribution in [0.2, 0.25) is 0 Å². The van der Waals surface area contributed by atoms with Crippen molar-refractivity contribution < 1.29 is 13.7 Å². The maximum Gasteiger partial charge on any atom is 0.223 e. The fraction of sp³-hybridized carbons (Fsp3) is 0.421. The number of rotatable bonds is 4. The molecule has 7 heteroatoms. The molecule has 0 saturated carbocycles. The van der Waals surface area contributed by atoms with Crippen LogP contribution >= 0.6 is 0 Å². The zero-order valence-electron chi connectivity index (χ0n) is 14.9. The summed E-state index contributed by atoms with van der Waals surface area (Å²) in [7, 11) is 0. The first-order chi connectivity index (χ1) is 12.5. The lowest BCUT2D eigenvalue weighted by Gasteiger charge is -2.23. The van der Waals surface area contributed by atoms with E-state index in [2.05, 4.69) is 15.1 Å². The average Bonchev–Trinajstić information content (AvgIpc) is 3.31. The van der Waals surface area contributed by atoms with Gasteiger partial charge in [0.15, 0.2) is 0 Å². The highest BCUT2D eigenvalue weighted by molar-refractivity contribution is 5.78. The van der Waals surface area contributed by atoms with Crippen LogP contribution in [-0.2, 0) is 11.2 Å². The maximum absolute atomic E-state index is 13.4. The number of halogens is 1. The van der Waals surface area contributed by atoms with Crippen molar-refractivity contribution in [2.45, 2.75) is 45.6 Å². The minimum absolute atomic E-state index is 0.0809. The molecule has 0 unspecified atom stereocenters. The van der Waals surface area contributed by atoms with Crippen molar-refractivity contribution in [3.05, 3.63) is 46.9 Å². The quantitative estimate of drug-likeness (QED) is 0.775. The number of hydrogen-bond donors (Lipinski definition) is 1. The molecule has 136 valence electrons. The van der Waals surface area contributed by atoms with Crippen LogP contribution in [-0.4, -0.2) is 32.5 Å². The highest BCUT2D eigenvalue weighted by atomic mass is 19.1. The Labute approximate surface area is 150 Å². The molecule has 0 bridgehead atoms. The van der Waals surface area contributed by atoms with Gasteiger partial charge < -0.3 is 14.4 Å². The van der Waals surface area contributed by atoms with Gasteiger partial charge in [0, 0.05) is 18.5 Å². The lowest BCUT2D eigenvalue weighted by Crippen LogP contribution is -2.31. The Hall–Kier alpha value is -2.70. The predicted molar refractivity (Wildman–Crippen MR) is 94.0 cm³/mol. The third-order valence-electron chi connectivity index (χ3n) is 5.12. The smallest absolute Gasteiger partial charge is 0.223 e. The summed E-state index contributed by atoms with van der Waals surface area (Å²) in [5.74, 6) is 1.30. The van der Waals surface area contributed by atoms with E-state index >= 15 is 0 Å². The van der Waals surface area contributed by atoms with Crippen LogP contribution in [0.3, 0.4) is 0 Å². The number of imidazole rings is 1. The minimum atomic E-state index is -0.300. The second-order valence-electron chi connectivity index (χ2n) is 6.83. The third kappa shape index (κ3) is 2.98. The monoisotopic (exact) mass is 356 g/mol. The molecule has 0 aliphatic carbocycles. The Kier molecular flexibility index (Phi) is 4.22. The molecule has 3 heterocycles. The molecule has 6 nitrogen and oxygen atoms in total. The largest absolute Gasteiger partial charge is 0.361 e. The fourth-order valence-corrected chi connectivity index (χ4v) is 3.74. The Bertz CT molecular complexity index is 942. The number of carbonyl (C=O) groups excluding carboxylic acids is 1. The summed E-state index contributed by atoms with van der Waals surface area (Å²) < 4.78 is 18.6. The maximum atomic E-state index is 13.4. The predicted octanol–water partition coefficient (Wildman–Crippen LogP) is 3.60. The molecule has 1 atom stereocenters. The number of aromatic amines is 1. The molecular weight excluding hydrogens is 335 g/mol. The van der Waals surface area contributed by atoms with Crippen LogP contribution in [0.5, 0.6) is 0 Å². The summed E-state index contributed by atoms with van der Waals surface area (Å²) in [6.07, 6.45) is 2.83. The van der Waals surface area contributed by atoms with Crippen molar-refractivity contribution >= 4 is 16.9 Å². The highest BCUT2D eigenvalue weighted by Crippen LogP contribution is 2.32. The van der Waals surface area contributed by atoms with Crippen molar-refractivity contribution in [3.8, 4) is 0 Å². The van der Waals surface area contributed by atoms with E-state index in [1.54, 1.807) is 6.07 Å². The van der Waals surface area contributed by atoms with Crippen molar-refractivity contribution in [3.63, 3.8) is 0 Å². The number of likely N-dealkylation sites (tertiary alicyclic amines) is 1. The minimum Gasteiger partial charge on any atom is -0.361 e. The summed E-state index contributed by atoms with van der Waals surface area (Å²) in [6, 6.07) is 4.41. The van der Waals surface area contributed by atoms with Crippen LogP contribution in [0.4, 0.5) is 4.39 Å². The van der Waals surface area contributed by atoms with Gasteiger partial charge >= 0.3 is 0 Å². The summed E-state index contributed by atoms with van der Waals surface area (Å²) in [5, 5.41) is 3.94. The van der Waals surface area contributed by atoms with Gasteiger partial charge in [-0.15, -0.1) is 0 Å². The number of fused-ring (bicyclic) bond motifs is 1. The van der Waals surface area contributed by atoms with E-state index < -0.39 is 0 Å². The molecule has 0 spiro atoms. The van der Waals surface area contributed by atoms with E-state index in [-0.39, 0.29) is 17.8 Å². The van der Waals surface area contributed by atoms with Crippen LogP contribution in [0.15, 0.2) is 22.7 Å². The van der Waals surface area contributed by atoms with Gasteiger partial charge in [-0.3, -0.25) is 4.79 Å². The van der Waals surface area contributed by atoms with Crippen molar-refractivity contribution in [1.82, 2.24) is 20.0 Å². The first kappa shape index (κ1) is 16.8. The van der Waals surface area contributed by atoms with Crippen molar-refractivity contribution in [2.75, 3.05) is 6.54 Å². The molecule has 2 aromatic heterocycles. The topological polar surface area (TPSA) is 75.0 Å². The third-order valence-corrected chi connectivity index (χ3v) is 5.12. The number of H-pyrrole nitrogens is 1. The number of nitrogens with zero attached hydrogens (tertiary/aromatic N) is 3. The SMILES string of the molecule is Cc1noc(C)c1CCC(=O)N1CCC[C@@H]1c1nc2ccc(F)cc2[nH]1. The Morgan fingerprint density at radius 1 is 1.42 bits per heavy atom. The summed E-state index contributed by atoms with van der Waals surface area (Å²) in [6.45, 7) is 4.48. The van der Waals surface area contributed by atoms with Gasteiger partial charge in [-0.2, -0.15) is 0 Å². The van der Waals surface area contributed by atoms with E-state index in [4.69, 9.17) is 4.52 Å². The van der Waals surface area contributed by atoms with Gasteiger partial charge in [-0.1, -0.05) is 5.16 Å². The molecule has 1 amide bonds. The van der Waals surface area contributed by atoms with Gasteiger partial charge in [0.25, 0.3) is 0 Å². The highest BCUT2D eigenvalue weighted by Gasteiger charge is 2.32. The van der Waals surface area contributed by atoms with Gasteiger partial charge in [-0.25, -0.2) is 9.37 Å². The van der Waals surface area contributed by atoms with Gasteiger partial charge in [0.05, 0.1) is 22.8 Å². The van der Waals surface area contributed by atoms with Crippen LogP contribution in [0.25, 0.3) is 11.0 Å². The van der Waals surface area contributed by atoms with E-state index in [0.717, 1.165) is 47.7 Å². The second-order valence-corrected chi connectivity index (χ2v) is 6.83. The summed E-state index contributed by atoms with van der Waals surface area (Å²) in [5.41, 5.74) is 3.23. The van der Waals surface area contributed by atoms with E-state index in [1.807, 2.05) is 18.7 Å². The van der Waals surface area contributed by atoms with Crippen LogP contribution < -0.4 is 0 Å². The van der Waals surface area contributed by atoms with E-state index in [0.29, 0.717) is 18.4 Å². The zero-order chi connectivity index (χ0) is 18.3. The molecular formula is C19H21FN4O2. The number of hydrogen-bond acceptors (Lipinski definition) is 4. The normalized spacial score (nSPS) is 17.3. The molecule has 1 aliphatic rings. The fourth-order valence-electron chi connectivity index (χ4n) is 3.74. The first-order valence-corrected chi connectivity index (χ1v) is 8.89. The molecule has 3 aromatic rings. The van der Waals surface area contributed by atoms with E-state index in [1.165, 1.54) is 12.1 Å². The number of nitrogens with one attached hydrogen (secondary N) is 1. The number of aromatic nitrogens is 3. The molecule has 1 fully saturated rings. The lowest BCUT2D eigenvalue weighted by molar-refractivity contribution is -0.132. The van der Waals surface area contributed by atoms with Crippen molar-refractivity contribution in [1.29, 1.82) is 0 Å². The molecule has 1 aliphatic heterocycles. The Balaban J connectivity index is 1.51. The van der Waals surface area contributed by atoms with Crippen LogP contribution in [0, 0.1) is 19.7 Å². The Morgan fingerprint density at radius 2 is 2.27 bits per heavy atom. The Morgan fingerprint density at radius 3 is 3.04 bits per heavy atom. The average molecular weight is 356 g/mol. The standard InChI is InChI=1S/C19H21FN4O2/c1-11-14(12(2)26-23-11)6-8-18(25)24-9-3-4-17(24)19-21-15-7-5-13(20)10-16(15)22-19/h5,7,10,17H,3-4,6,8-9H2,1-2H3,(H,21,22)/t17-/m1/s1. The molecule has 1 aromatic carbocycles. The number of carbonyl (C=O) groups is 1. The number of aryl methyl sites for hydroxylation is 2. The zero-order valence-corrected chi connectivity index (χ0v) is 14.9. The second kappa shape index (κ2) is 6.55. The number of amides is 1. The van der Waals surface area contributed by atoms with Gasteiger partial charge in [-0.05, 0) is 51.3 Å². The molecule has 1 N–H and O–H groups in total. The number of benzene rings is 1. The molecule has 4 rings (SSSR count). The first-order valence-electron chi connectivity index (χ1n) is 8.89. The lowest BCUT2D eigenvalue weighted by atomic mass is 10.1. The van der Waals surface area contributed by atoms with E-state index in [9.17, 15) is 9.18 Å². The molecule has 26 heavy (non-hydrogen) atoms. The summed E-state index contributed by atoms with van der Waals surface area (Å²) >= 11 is 0. The van der Waals surface area contributed by atoms with Crippen molar-refractivity contribution in [2.24, 2.45) is 0 Å². The summed E-state index contributed by atoms with van der Waals surface area (Å²) in [4.78, 5) is 22.4. The van der Waals surface area contributed by atoms with Gasteiger partial charge in [0.1, 0.15) is 17.4 Å². The van der Waals surface area contributed by atoms with Gasteiger partial charge in [0.2, 0.25) is 5.91 Å². The molecule has 1 saturated heterocycles.